The molecule has 24 heavy (non-hydrogen) atoms. The lowest BCUT2D eigenvalue weighted by atomic mass is 9.98. The third-order valence-corrected chi connectivity index (χ3v) is 5.07. The molecule has 1 heterocycles. The van der Waals surface area contributed by atoms with E-state index in [-0.39, 0.29) is 30.8 Å². The first kappa shape index (κ1) is 16.8. The monoisotopic (exact) mass is 349 g/mol. The van der Waals surface area contributed by atoms with Crippen LogP contribution in [0.3, 0.4) is 0 Å². The summed E-state index contributed by atoms with van der Waals surface area (Å²) in [4.78, 5) is 37.7. The van der Waals surface area contributed by atoms with Gasteiger partial charge in [-0.1, -0.05) is 42.6 Å². The van der Waals surface area contributed by atoms with E-state index < -0.39 is 5.54 Å². The van der Waals surface area contributed by atoms with Crippen molar-refractivity contribution in [3.8, 4) is 0 Å². The second-order valence-electron chi connectivity index (χ2n) is 6.29. The molecule has 3 rings (SSSR count). The smallest absolute Gasteiger partial charge is 0.325 e. The summed E-state index contributed by atoms with van der Waals surface area (Å²) >= 11 is 6.04. The van der Waals surface area contributed by atoms with Gasteiger partial charge >= 0.3 is 6.03 Å². The van der Waals surface area contributed by atoms with Gasteiger partial charge in [-0.05, 0) is 24.5 Å². The van der Waals surface area contributed by atoms with Crippen LogP contribution < -0.4 is 10.6 Å². The highest BCUT2D eigenvalue weighted by Gasteiger charge is 2.52. The highest BCUT2D eigenvalue weighted by molar-refractivity contribution is 6.31. The number of carbonyl (C=O) groups is 3. The molecule has 1 saturated carbocycles. The van der Waals surface area contributed by atoms with Crippen LogP contribution in [0.4, 0.5) is 4.79 Å². The van der Waals surface area contributed by atoms with Crippen molar-refractivity contribution >= 4 is 29.4 Å². The maximum atomic E-state index is 12.5. The number of urea groups is 1. The Morgan fingerprint density at radius 1 is 1.25 bits per heavy atom. The molecule has 0 radical (unpaired) electrons. The molecule has 2 aliphatic rings. The van der Waals surface area contributed by atoms with E-state index in [1.807, 2.05) is 18.2 Å². The number of hydrogen-bond donors (Lipinski definition) is 2. The Balaban J connectivity index is 1.50. The standard InChI is InChI=1S/C17H20ClN3O3/c18-13-6-2-1-5-12(13)11-19-14(22)7-10-21-15(23)17(20-16(21)24)8-3-4-9-17/h1-2,5-6H,3-4,7-11H2,(H,19,22)(H,20,24). The van der Waals surface area contributed by atoms with E-state index >= 15 is 0 Å². The van der Waals surface area contributed by atoms with Gasteiger partial charge in [0.05, 0.1) is 0 Å². The molecule has 1 saturated heterocycles. The molecule has 0 unspecified atom stereocenters. The molecule has 1 aliphatic carbocycles. The number of carbonyl (C=O) groups excluding carboxylic acids is 3. The van der Waals surface area contributed by atoms with Gasteiger partial charge in [0.2, 0.25) is 5.91 Å². The normalized spacial score (nSPS) is 19.0. The van der Waals surface area contributed by atoms with E-state index in [4.69, 9.17) is 11.6 Å². The van der Waals surface area contributed by atoms with Crippen molar-refractivity contribution in [3.63, 3.8) is 0 Å². The molecule has 0 aromatic heterocycles. The third kappa shape index (κ3) is 3.24. The minimum atomic E-state index is -0.717. The quantitative estimate of drug-likeness (QED) is 0.800. The first-order valence-corrected chi connectivity index (χ1v) is 8.54. The Hall–Kier alpha value is -2.08. The number of rotatable bonds is 5. The van der Waals surface area contributed by atoms with Crippen LogP contribution in [0.5, 0.6) is 0 Å². The zero-order chi connectivity index (χ0) is 17.2. The molecule has 1 aromatic carbocycles. The molecule has 1 aliphatic heterocycles. The number of imide groups is 1. The van der Waals surface area contributed by atoms with E-state index in [0.29, 0.717) is 24.4 Å². The lowest BCUT2D eigenvalue weighted by Crippen LogP contribution is -2.44. The van der Waals surface area contributed by atoms with Crippen LogP contribution in [-0.2, 0) is 16.1 Å². The van der Waals surface area contributed by atoms with Gasteiger partial charge in [-0.2, -0.15) is 0 Å². The largest absolute Gasteiger partial charge is 0.352 e. The SMILES string of the molecule is O=C(CCN1C(=O)NC2(CCCC2)C1=O)NCc1ccccc1Cl. The lowest BCUT2D eigenvalue weighted by molar-refractivity contribution is -0.131. The first-order chi connectivity index (χ1) is 11.5. The van der Waals surface area contributed by atoms with Crippen molar-refractivity contribution in [3.05, 3.63) is 34.9 Å². The lowest BCUT2D eigenvalue weighted by Gasteiger charge is -2.19. The number of nitrogens with zero attached hydrogens (tertiary/aromatic N) is 1. The van der Waals surface area contributed by atoms with E-state index in [1.165, 1.54) is 4.90 Å². The Bertz CT molecular complexity index is 671. The van der Waals surface area contributed by atoms with Crippen LogP contribution in [0.2, 0.25) is 5.02 Å². The van der Waals surface area contributed by atoms with Crippen molar-refractivity contribution in [1.82, 2.24) is 15.5 Å². The summed E-state index contributed by atoms with van der Waals surface area (Å²) in [6.45, 7) is 0.420. The van der Waals surface area contributed by atoms with Gasteiger partial charge in [0.1, 0.15) is 5.54 Å². The molecular weight excluding hydrogens is 330 g/mol. The maximum absolute atomic E-state index is 12.5. The number of amides is 4. The molecule has 6 nitrogen and oxygen atoms in total. The minimum Gasteiger partial charge on any atom is -0.352 e. The Labute approximate surface area is 145 Å². The Morgan fingerprint density at radius 2 is 1.96 bits per heavy atom. The van der Waals surface area contributed by atoms with E-state index in [2.05, 4.69) is 10.6 Å². The summed E-state index contributed by atoms with van der Waals surface area (Å²) < 4.78 is 0. The van der Waals surface area contributed by atoms with Crippen molar-refractivity contribution in [2.24, 2.45) is 0 Å². The fourth-order valence-corrected chi connectivity index (χ4v) is 3.54. The van der Waals surface area contributed by atoms with Crippen molar-refractivity contribution < 1.29 is 14.4 Å². The van der Waals surface area contributed by atoms with Crippen LogP contribution in [0.15, 0.2) is 24.3 Å². The molecule has 0 bridgehead atoms. The highest BCUT2D eigenvalue weighted by atomic mass is 35.5. The second-order valence-corrected chi connectivity index (χ2v) is 6.70. The summed E-state index contributed by atoms with van der Waals surface area (Å²) in [6.07, 6.45) is 3.34. The first-order valence-electron chi connectivity index (χ1n) is 8.16. The van der Waals surface area contributed by atoms with Crippen LogP contribution >= 0.6 is 11.6 Å². The number of halogens is 1. The van der Waals surface area contributed by atoms with Crippen molar-refractivity contribution in [2.45, 2.75) is 44.2 Å². The summed E-state index contributed by atoms with van der Waals surface area (Å²) in [5.74, 6) is -0.410. The molecule has 128 valence electrons. The molecule has 1 aromatic rings. The third-order valence-electron chi connectivity index (χ3n) is 4.70. The zero-order valence-corrected chi connectivity index (χ0v) is 14.1. The molecule has 1 spiro atoms. The van der Waals surface area contributed by atoms with Gasteiger partial charge in [-0.15, -0.1) is 0 Å². The zero-order valence-electron chi connectivity index (χ0n) is 13.3. The Kier molecular flexibility index (Phi) is 4.76. The molecule has 2 N–H and O–H groups in total. The average molecular weight is 350 g/mol. The molecule has 0 atom stereocenters. The van der Waals surface area contributed by atoms with Gasteiger partial charge in [-0.25, -0.2) is 4.79 Å². The van der Waals surface area contributed by atoms with Crippen LogP contribution in [0.25, 0.3) is 0 Å². The predicted molar refractivity (Wildman–Crippen MR) is 89.4 cm³/mol. The number of nitrogens with one attached hydrogen (secondary N) is 2. The van der Waals surface area contributed by atoms with Crippen molar-refractivity contribution in [2.75, 3.05) is 6.54 Å². The summed E-state index contributed by atoms with van der Waals surface area (Å²) in [5, 5.41) is 6.16. The van der Waals surface area contributed by atoms with Crippen LogP contribution in [0.1, 0.15) is 37.7 Å². The number of benzene rings is 1. The van der Waals surface area contributed by atoms with E-state index in [1.54, 1.807) is 6.07 Å². The minimum absolute atomic E-state index is 0.0830. The summed E-state index contributed by atoms with van der Waals surface area (Å²) in [7, 11) is 0. The fourth-order valence-electron chi connectivity index (χ4n) is 3.33. The summed E-state index contributed by atoms with van der Waals surface area (Å²) in [6, 6.07) is 6.88. The topological polar surface area (TPSA) is 78.5 Å². The van der Waals surface area contributed by atoms with Crippen LogP contribution in [-0.4, -0.2) is 34.8 Å². The molecule has 7 heteroatoms. The van der Waals surface area contributed by atoms with Gasteiger partial charge in [0, 0.05) is 24.5 Å². The summed E-state index contributed by atoms with van der Waals surface area (Å²) in [5.41, 5.74) is 0.109. The Morgan fingerprint density at radius 3 is 2.67 bits per heavy atom. The van der Waals surface area contributed by atoms with E-state index in [9.17, 15) is 14.4 Å². The van der Waals surface area contributed by atoms with E-state index in [0.717, 1.165) is 18.4 Å². The van der Waals surface area contributed by atoms with Gasteiger partial charge in [0.25, 0.3) is 5.91 Å². The highest BCUT2D eigenvalue weighted by Crippen LogP contribution is 2.34. The fraction of sp³-hybridized carbons (Fsp3) is 0.471. The molecular formula is C17H20ClN3O3. The molecule has 2 fully saturated rings. The van der Waals surface area contributed by atoms with Gasteiger partial charge in [0.15, 0.2) is 0 Å². The van der Waals surface area contributed by atoms with Crippen molar-refractivity contribution in [1.29, 1.82) is 0 Å². The van der Waals surface area contributed by atoms with Gasteiger partial charge < -0.3 is 10.6 Å². The van der Waals surface area contributed by atoms with Crippen LogP contribution in [0, 0.1) is 0 Å². The number of hydrogen-bond acceptors (Lipinski definition) is 3. The molecule has 4 amide bonds. The average Bonchev–Trinajstić information content (AvgIpc) is 3.11. The second kappa shape index (κ2) is 6.81. The maximum Gasteiger partial charge on any atom is 0.325 e. The predicted octanol–water partition coefficient (Wildman–Crippen LogP) is 2.21. The van der Waals surface area contributed by atoms with Gasteiger partial charge in [-0.3, -0.25) is 14.5 Å².